The lowest BCUT2D eigenvalue weighted by atomic mass is 10.1. The van der Waals surface area contributed by atoms with Gasteiger partial charge in [0.2, 0.25) is 5.91 Å². The fourth-order valence-corrected chi connectivity index (χ4v) is 3.87. The lowest BCUT2D eigenvalue weighted by Crippen LogP contribution is -2.44. The zero-order valence-electron chi connectivity index (χ0n) is 11.6. The number of nitrogens with zero attached hydrogens (tertiary/aromatic N) is 1. The zero-order chi connectivity index (χ0) is 14.6. The Labute approximate surface area is 114 Å². The molecule has 1 fully saturated rings. The van der Waals surface area contributed by atoms with E-state index in [1.54, 1.807) is 13.8 Å². The second-order valence-electron chi connectivity index (χ2n) is 5.07. The van der Waals surface area contributed by atoms with Gasteiger partial charge < -0.3 is 9.64 Å². The van der Waals surface area contributed by atoms with Crippen molar-refractivity contribution in [3.8, 4) is 0 Å². The van der Waals surface area contributed by atoms with E-state index in [0.29, 0.717) is 6.42 Å². The van der Waals surface area contributed by atoms with Gasteiger partial charge in [0.05, 0.1) is 25.0 Å². The van der Waals surface area contributed by atoms with Crippen LogP contribution in [0.3, 0.4) is 0 Å². The Kier molecular flexibility index (Phi) is 5.34. The van der Waals surface area contributed by atoms with Gasteiger partial charge >= 0.3 is 5.97 Å². The molecule has 0 radical (unpaired) electrons. The van der Waals surface area contributed by atoms with Crippen molar-refractivity contribution >= 4 is 21.7 Å². The van der Waals surface area contributed by atoms with Crippen LogP contribution in [0.25, 0.3) is 0 Å². The summed E-state index contributed by atoms with van der Waals surface area (Å²) >= 11 is 0. The molecule has 0 spiro atoms. The van der Waals surface area contributed by atoms with Crippen molar-refractivity contribution in [2.24, 2.45) is 5.92 Å². The predicted molar refractivity (Wildman–Crippen MR) is 70.2 cm³/mol. The second-order valence-corrected chi connectivity index (χ2v) is 7.30. The van der Waals surface area contributed by atoms with Crippen LogP contribution in [0.15, 0.2) is 0 Å². The maximum Gasteiger partial charge on any atom is 0.307 e. The van der Waals surface area contributed by atoms with Crippen molar-refractivity contribution in [1.29, 1.82) is 0 Å². The van der Waals surface area contributed by atoms with Gasteiger partial charge in [-0.1, -0.05) is 13.8 Å². The molecule has 1 atom stereocenters. The van der Waals surface area contributed by atoms with Crippen LogP contribution < -0.4 is 0 Å². The van der Waals surface area contributed by atoms with Gasteiger partial charge in [0.15, 0.2) is 9.84 Å². The SMILES string of the molecule is COC(=O)CCN(C(=O)C(C)C)C1CCS(=O)(=O)C1. The number of amides is 1. The first-order valence-electron chi connectivity index (χ1n) is 6.34. The third kappa shape index (κ3) is 4.49. The summed E-state index contributed by atoms with van der Waals surface area (Å²) in [5, 5.41) is 0. The van der Waals surface area contributed by atoms with Crippen LogP contribution in [0.2, 0.25) is 0 Å². The second kappa shape index (κ2) is 6.36. The summed E-state index contributed by atoms with van der Waals surface area (Å²) in [5.74, 6) is -0.640. The summed E-state index contributed by atoms with van der Waals surface area (Å²) in [4.78, 5) is 24.8. The summed E-state index contributed by atoms with van der Waals surface area (Å²) in [5.41, 5.74) is 0. The highest BCUT2D eigenvalue weighted by Gasteiger charge is 2.35. The van der Waals surface area contributed by atoms with Crippen molar-refractivity contribution in [3.05, 3.63) is 0 Å². The average molecular weight is 291 g/mol. The van der Waals surface area contributed by atoms with Crippen molar-refractivity contribution in [3.63, 3.8) is 0 Å². The standard InChI is InChI=1S/C12H21NO5S/c1-9(2)12(15)13(6-4-11(14)18-3)10-5-7-19(16,17)8-10/h9-10H,4-8H2,1-3H3. The Hall–Kier alpha value is -1.11. The lowest BCUT2D eigenvalue weighted by Gasteiger charge is -2.29. The van der Waals surface area contributed by atoms with Crippen LogP contribution in [-0.4, -0.2) is 56.4 Å². The van der Waals surface area contributed by atoms with E-state index >= 15 is 0 Å². The number of hydrogen-bond donors (Lipinski definition) is 0. The summed E-state index contributed by atoms with van der Waals surface area (Å²) < 4.78 is 27.6. The van der Waals surface area contributed by atoms with Crippen molar-refractivity contribution in [2.45, 2.75) is 32.7 Å². The van der Waals surface area contributed by atoms with Crippen molar-refractivity contribution in [2.75, 3.05) is 25.2 Å². The van der Waals surface area contributed by atoms with Gasteiger partial charge in [0.25, 0.3) is 0 Å². The van der Waals surface area contributed by atoms with Crippen LogP contribution >= 0.6 is 0 Å². The smallest absolute Gasteiger partial charge is 0.307 e. The van der Waals surface area contributed by atoms with Crippen LogP contribution in [0.5, 0.6) is 0 Å². The maximum absolute atomic E-state index is 12.1. The molecule has 110 valence electrons. The summed E-state index contributed by atoms with van der Waals surface area (Å²) in [6, 6.07) is -0.315. The molecule has 1 saturated heterocycles. The van der Waals surface area contributed by atoms with E-state index in [9.17, 15) is 18.0 Å². The Morgan fingerprint density at radius 3 is 2.42 bits per heavy atom. The highest BCUT2D eigenvalue weighted by atomic mass is 32.2. The number of carbonyl (C=O) groups is 2. The molecule has 1 amide bonds. The first-order valence-corrected chi connectivity index (χ1v) is 8.16. The number of carbonyl (C=O) groups excluding carboxylic acids is 2. The molecule has 1 aliphatic rings. The number of sulfone groups is 1. The molecule has 0 N–H and O–H groups in total. The van der Waals surface area contributed by atoms with E-state index in [1.807, 2.05) is 0 Å². The van der Waals surface area contributed by atoms with Crippen LogP contribution in [0.4, 0.5) is 0 Å². The van der Waals surface area contributed by atoms with Crippen molar-refractivity contribution < 1.29 is 22.7 Å². The van der Waals surface area contributed by atoms with E-state index < -0.39 is 15.8 Å². The number of rotatable bonds is 5. The monoisotopic (exact) mass is 291 g/mol. The Bertz CT molecular complexity index is 443. The molecule has 6 nitrogen and oxygen atoms in total. The topological polar surface area (TPSA) is 80.8 Å². The molecule has 0 saturated carbocycles. The third-order valence-corrected chi connectivity index (χ3v) is 4.96. The molecule has 7 heteroatoms. The van der Waals surface area contributed by atoms with E-state index in [0.717, 1.165) is 0 Å². The number of hydrogen-bond acceptors (Lipinski definition) is 5. The molecule has 0 aliphatic carbocycles. The first-order chi connectivity index (χ1) is 8.76. The quantitative estimate of drug-likeness (QED) is 0.677. The molecule has 0 aromatic rings. The lowest BCUT2D eigenvalue weighted by molar-refractivity contribution is -0.143. The third-order valence-electron chi connectivity index (χ3n) is 3.21. The summed E-state index contributed by atoms with van der Waals surface area (Å²) in [7, 11) is -1.77. The highest BCUT2D eigenvalue weighted by molar-refractivity contribution is 7.91. The molecule has 1 aliphatic heterocycles. The summed E-state index contributed by atoms with van der Waals surface area (Å²) in [6.45, 7) is 3.73. The fraction of sp³-hybridized carbons (Fsp3) is 0.833. The molecular weight excluding hydrogens is 270 g/mol. The van der Waals surface area contributed by atoms with Gasteiger partial charge in [0, 0.05) is 18.5 Å². The fourth-order valence-electron chi connectivity index (χ4n) is 2.14. The average Bonchev–Trinajstić information content (AvgIpc) is 2.69. The minimum absolute atomic E-state index is 0.00731. The van der Waals surface area contributed by atoms with Crippen LogP contribution in [0.1, 0.15) is 26.7 Å². The number of methoxy groups -OCH3 is 1. The van der Waals surface area contributed by atoms with Gasteiger partial charge in [-0.2, -0.15) is 0 Å². The largest absolute Gasteiger partial charge is 0.469 e. The Morgan fingerprint density at radius 1 is 1.37 bits per heavy atom. The maximum atomic E-state index is 12.1. The summed E-state index contributed by atoms with van der Waals surface area (Å²) in [6.07, 6.45) is 0.535. The van der Waals surface area contributed by atoms with E-state index in [2.05, 4.69) is 4.74 Å². The molecule has 0 aromatic heterocycles. The van der Waals surface area contributed by atoms with Gasteiger partial charge in [-0.05, 0) is 6.42 Å². The van der Waals surface area contributed by atoms with E-state index in [1.165, 1.54) is 12.0 Å². The van der Waals surface area contributed by atoms with Crippen LogP contribution in [-0.2, 0) is 24.2 Å². The van der Waals surface area contributed by atoms with Crippen molar-refractivity contribution in [1.82, 2.24) is 4.90 Å². The van der Waals surface area contributed by atoms with Gasteiger partial charge in [-0.15, -0.1) is 0 Å². The molecule has 0 aromatic carbocycles. The van der Waals surface area contributed by atoms with E-state index in [-0.39, 0.29) is 42.3 Å². The Balaban J connectivity index is 2.75. The van der Waals surface area contributed by atoms with Crippen LogP contribution in [0, 0.1) is 5.92 Å². The normalized spacial score (nSPS) is 21.4. The number of ether oxygens (including phenoxy) is 1. The molecule has 0 bridgehead atoms. The van der Waals surface area contributed by atoms with Gasteiger partial charge in [-0.3, -0.25) is 9.59 Å². The van der Waals surface area contributed by atoms with Gasteiger partial charge in [0.1, 0.15) is 0 Å². The van der Waals surface area contributed by atoms with Gasteiger partial charge in [-0.25, -0.2) is 8.42 Å². The van der Waals surface area contributed by atoms with E-state index in [4.69, 9.17) is 0 Å². The number of esters is 1. The molecular formula is C12H21NO5S. The Morgan fingerprint density at radius 2 is 2.00 bits per heavy atom. The molecule has 1 heterocycles. The molecule has 19 heavy (non-hydrogen) atoms. The zero-order valence-corrected chi connectivity index (χ0v) is 12.4. The minimum Gasteiger partial charge on any atom is -0.469 e. The molecule has 1 unspecified atom stereocenters. The highest BCUT2D eigenvalue weighted by Crippen LogP contribution is 2.20. The minimum atomic E-state index is -3.05. The first kappa shape index (κ1) is 15.9. The molecule has 1 rings (SSSR count). The predicted octanol–water partition coefficient (Wildman–Crippen LogP) is 0.221.